The maximum absolute atomic E-state index is 8.74. The molecule has 0 aliphatic rings. The highest BCUT2D eigenvalue weighted by Crippen LogP contribution is 1.78. The molecule has 8 heavy (non-hydrogen) atoms. The lowest BCUT2D eigenvalue weighted by Crippen LogP contribution is -2.20. The lowest BCUT2D eigenvalue weighted by Gasteiger charge is -2.04. The van der Waals surface area contributed by atoms with Crippen molar-refractivity contribution in [1.82, 2.24) is 10.9 Å². The van der Waals surface area contributed by atoms with Gasteiger partial charge in [0.2, 0.25) is 0 Å². The first-order valence-corrected chi connectivity index (χ1v) is 2.47. The van der Waals surface area contributed by atoms with Crippen molar-refractivity contribution in [3.63, 3.8) is 0 Å². The third kappa shape index (κ3) is 3.59. The molecule has 0 rings (SSSR count). The number of hydrogen-bond donors (Lipinski definition) is 0. The first kappa shape index (κ1) is 7.40. The summed E-state index contributed by atoms with van der Waals surface area (Å²) in [5, 5.41) is 1.12. The molecule has 0 N–H and O–H groups in total. The maximum Gasteiger partial charge on any atom is 0.0344 e. The summed E-state index contributed by atoms with van der Waals surface area (Å²) in [5.74, 6) is 8.74. The average molecular weight is 110 g/mol. The predicted octanol–water partition coefficient (Wildman–Crippen LogP) is 0.644. The molecule has 0 saturated heterocycles. The van der Waals surface area contributed by atoms with Crippen molar-refractivity contribution in [2.75, 3.05) is 13.1 Å². The van der Waals surface area contributed by atoms with E-state index in [4.69, 9.17) is 5.84 Å². The minimum Gasteiger partial charge on any atom is -0.201 e. The van der Waals surface area contributed by atoms with E-state index in [0.717, 1.165) is 5.01 Å². The minimum absolute atomic E-state index is 0.492. The summed E-state index contributed by atoms with van der Waals surface area (Å²) in [4.78, 5) is 0. The van der Waals surface area contributed by atoms with Crippen LogP contribution >= 0.6 is 0 Å². The van der Waals surface area contributed by atoms with E-state index < -0.39 is 0 Å². The Morgan fingerprint density at radius 1 is 1.25 bits per heavy atom. The van der Waals surface area contributed by atoms with Gasteiger partial charge in [0.25, 0.3) is 0 Å². The largest absolute Gasteiger partial charge is 0.201 e. The zero-order chi connectivity index (χ0) is 6.41. The molecule has 0 aliphatic heterocycles. The van der Waals surface area contributed by atoms with Crippen LogP contribution in [0.5, 0.6) is 0 Å². The molecule has 0 atom stereocenters. The van der Waals surface area contributed by atoms with Gasteiger partial charge in [-0.1, -0.05) is 12.2 Å². The molecule has 0 spiro atoms. The van der Waals surface area contributed by atoms with Crippen molar-refractivity contribution in [2.24, 2.45) is 0 Å². The van der Waals surface area contributed by atoms with Gasteiger partial charge in [0, 0.05) is 13.1 Å². The second-order valence-electron chi connectivity index (χ2n) is 1.45. The zero-order valence-electron chi connectivity index (χ0n) is 4.88. The summed E-state index contributed by atoms with van der Waals surface area (Å²) < 4.78 is 0. The van der Waals surface area contributed by atoms with E-state index in [9.17, 15) is 0 Å². The second-order valence-corrected chi connectivity index (χ2v) is 1.45. The molecule has 0 bridgehead atoms. The van der Waals surface area contributed by atoms with Gasteiger partial charge >= 0.3 is 0 Å². The summed E-state index contributed by atoms with van der Waals surface area (Å²) in [5.41, 5.74) is 0. The molecular formula is C6H10N2. The smallest absolute Gasteiger partial charge is 0.0344 e. The topological polar surface area (TPSA) is 25.5 Å². The third-order valence-corrected chi connectivity index (χ3v) is 0.680. The Morgan fingerprint density at radius 3 is 1.88 bits per heavy atom. The van der Waals surface area contributed by atoms with Crippen molar-refractivity contribution in [3.8, 4) is 0 Å². The Morgan fingerprint density at radius 2 is 1.62 bits per heavy atom. The van der Waals surface area contributed by atoms with Crippen LogP contribution in [0.3, 0.4) is 0 Å². The van der Waals surface area contributed by atoms with Crippen LogP contribution < -0.4 is 5.84 Å². The fraction of sp³-hybridized carbons (Fsp3) is 0.333. The highest BCUT2D eigenvalue weighted by atomic mass is 15.4. The number of hydrogen-bond acceptors (Lipinski definition) is 1. The standard InChI is InChI=1S/C6H10N2/c1-3-5-8(7)6-4-2/h3-4H,1-2,5-6H2. The van der Waals surface area contributed by atoms with E-state index in [0.29, 0.717) is 13.1 Å². The van der Waals surface area contributed by atoms with Gasteiger partial charge in [0.05, 0.1) is 0 Å². The van der Waals surface area contributed by atoms with Gasteiger partial charge in [-0.25, -0.2) is 5.01 Å². The van der Waals surface area contributed by atoms with Crippen LogP contribution in [-0.2, 0) is 0 Å². The summed E-state index contributed by atoms with van der Waals surface area (Å²) in [6.45, 7) is 7.88. The third-order valence-electron chi connectivity index (χ3n) is 0.680. The molecule has 2 nitrogen and oxygen atoms in total. The molecule has 0 aromatic rings. The van der Waals surface area contributed by atoms with Gasteiger partial charge in [0.15, 0.2) is 0 Å². The number of nitrogens with zero attached hydrogens (tertiary/aromatic N) is 2. The van der Waals surface area contributed by atoms with Crippen LogP contribution in [0.4, 0.5) is 0 Å². The lowest BCUT2D eigenvalue weighted by atomic mass is 10.5. The van der Waals surface area contributed by atoms with Crippen LogP contribution in [0.25, 0.3) is 0 Å². The second kappa shape index (κ2) is 4.56. The Labute approximate surface area is 50.3 Å². The molecule has 0 unspecified atom stereocenters. The monoisotopic (exact) mass is 110 g/mol. The fourth-order valence-corrected chi connectivity index (χ4v) is 0.373. The van der Waals surface area contributed by atoms with Gasteiger partial charge in [-0.15, -0.1) is 13.2 Å². The van der Waals surface area contributed by atoms with Crippen molar-refractivity contribution in [2.45, 2.75) is 0 Å². The van der Waals surface area contributed by atoms with E-state index in [1.54, 1.807) is 12.2 Å². The highest BCUT2D eigenvalue weighted by Gasteiger charge is 1.89. The Hall–Kier alpha value is -0.600. The molecule has 0 aromatic carbocycles. The maximum atomic E-state index is 8.74. The Bertz CT molecular complexity index is 68.6. The van der Waals surface area contributed by atoms with Crippen molar-refractivity contribution in [3.05, 3.63) is 25.3 Å². The molecule has 2 heteroatoms. The summed E-state index contributed by atoms with van der Waals surface area (Å²) in [6, 6.07) is 0. The lowest BCUT2D eigenvalue weighted by molar-refractivity contribution is 0.330. The number of rotatable bonds is 4. The SMILES string of the molecule is C=CCN([N])CC=C. The van der Waals surface area contributed by atoms with Crippen LogP contribution in [-0.4, -0.2) is 18.1 Å². The van der Waals surface area contributed by atoms with Crippen molar-refractivity contribution >= 4 is 0 Å². The van der Waals surface area contributed by atoms with Gasteiger partial charge in [-0.3, -0.25) is 0 Å². The molecule has 0 saturated carbocycles. The van der Waals surface area contributed by atoms with E-state index in [1.165, 1.54) is 0 Å². The van der Waals surface area contributed by atoms with E-state index in [2.05, 4.69) is 13.2 Å². The Balaban J connectivity index is 3.16. The zero-order valence-corrected chi connectivity index (χ0v) is 4.88. The van der Waals surface area contributed by atoms with E-state index in [1.807, 2.05) is 0 Å². The van der Waals surface area contributed by atoms with E-state index in [-0.39, 0.29) is 0 Å². The van der Waals surface area contributed by atoms with Gasteiger partial charge in [0.1, 0.15) is 0 Å². The van der Waals surface area contributed by atoms with Crippen LogP contribution in [0.15, 0.2) is 25.3 Å². The predicted molar refractivity (Wildman–Crippen MR) is 34.1 cm³/mol. The quantitative estimate of drug-likeness (QED) is 0.385. The molecular weight excluding hydrogens is 100 g/mol. The summed E-state index contributed by atoms with van der Waals surface area (Å²) in [6.07, 6.45) is 3.26. The summed E-state index contributed by atoms with van der Waals surface area (Å²) >= 11 is 0. The molecule has 2 radical (unpaired) electrons. The average Bonchev–Trinajstić information content (AvgIpc) is 1.68. The van der Waals surface area contributed by atoms with Gasteiger partial charge < -0.3 is 0 Å². The van der Waals surface area contributed by atoms with Crippen molar-refractivity contribution in [1.29, 1.82) is 0 Å². The highest BCUT2D eigenvalue weighted by molar-refractivity contribution is 4.75. The molecule has 0 amide bonds. The molecule has 0 aliphatic carbocycles. The minimum atomic E-state index is 0.492. The fourth-order valence-electron chi connectivity index (χ4n) is 0.373. The first-order chi connectivity index (χ1) is 3.81. The van der Waals surface area contributed by atoms with E-state index >= 15 is 0 Å². The molecule has 44 valence electrons. The molecule has 0 fully saturated rings. The van der Waals surface area contributed by atoms with Gasteiger partial charge in [-0.05, 0) is 5.84 Å². The van der Waals surface area contributed by atoms with Crippen LogP contribution in [0, 0.1) is 0 Å². The Kier molecular flexibility index (Phi) is 4.21. The van der Waals surface area contributed by atoms with Crippen LogP contribution in [0.1, 0.15) is 0 Å². The first-order valence-electron chi connectivity index (χ1n) is 2.47. The molecule has 0 heterocycles. The normalized spacial score (nSPS) is 9.25. The van der Waals surface area contributed by atoms with Crippen LogP contribution in [0.2, 0.25) is 0 Å². The van der Waals surface area contributed by atoms with Crippen molar-refractivity contribution < 1.29 is 0 Å². The molecule has 0 aromatic heterocycles. The van der Waals surface area contributed by atoms with Gasteiger partial charge in [-0.2, -0.15) is 0 Å². The summed E-state index contributed by atoms with van der Waals surface area (Å²) in [7, 11) is 0.